The lowest BCUT2D eigenvalue weighted by molar-refractivity contribution is 0.252. The van der Waals surface area contributed by atoms with Crippen LogP contribution in [0.1, 0.15) is 16.7 Å². The molecule has 3 aromatic rings. The Hall–Kier alpha value is -3.19. The molecule has 0 aromatic heterocycles. The molecule has 2 N–H and O–H groups in total. The van der Waals surface area contributed by atoms with Crippen molar-refractivity contribution in [1.29, 1.82) is 0 Å². The van der Waals surface area contributed by atoms with Gasteiger partial charge in [0.25, 0.3) is 0 Å². The molecule has 0 aliphatic rings. The highest BCUT2D eigenvalue weighted by Crippen LogP contribution is 2.20. The third-order valence-electron chi connectivity index (χ3n) is 4.03. The Kier molecular flexibility index (Phi) is 6.97. The second-order valence-electron chi connectivity index (χ2n) is 6.24. The number of ether oxygens (including phenoxy) is 1. The molecule has 2 amide bonds. The maximum Gasteiger partial charge on any atom is 0.339 e. The minimum Gasteiger partial charge on any atom is -0.489 e. The molecule has 0 fully saturated rings. The summed E-state index contributed by atoms with van der Waals surface area (Å²) < 4.78 is 20.2. The summed E-state index contributed by atoms with van der Waals surface area (Å²) in [6.07, 6.45) is 1.52. The lowest BCUT2D eigenvalue weighted by atomic mass is 10.2. The molecule has 148 valence electrons. The normalized spacial score (nSPS) is 10.7. The fraction of sp³-hybridized carbons (Fsp3) is 0.0909. The van der Waals surface area contributed by atoms with Crippen LogP contribution in [0.2, 0.25) is 0 Å². The summed E-state index contributed by atoms with van der Waals surface area (Å²) in [4.78, 5) is 11.9. The Morgan fingerprint density at radius 2 is 1.90 bits per heavy atom. The first kappa shape index (κ1) is 20.5. The minimum absolute atomic E-state index is 0.150. The van der Waals surface area contributed by atoms with E-state index in [1.165, 1.54) is 12.3 Å². The van der Waals surface area contributed by atoms with Crippen molar-refractivity contribution in [2.24, 2.45) is 5.10 Å². The van der Waals surface area contributed by atoms with Gasteiger partial charge in [0.1, 0.15) is 18.2 Å². The quantitative estimate of drug-likeness (QED) is 0.373. The first-order chi connectivity index (χ1) is 14.0. The highest BCUT2D eigenvalue weighted by molar-refractivity contribution is 9.10. The Bertz CT molecular complexity index is 1020. The predicted molar refractivity (Wildman–Crippen MR) is 116 cm³/mol. The van der Waals surface area contributed by atoms with Crippen molar-refractivity contribution in [3.05, 3.63) is 93.7 Å². The fourth-order valence-corrected chi connectivity index (χ4v) is 2.72. The summed E-state index contributed by atoms with van der Waals surface area (Å²) in [5.74, 6) is 0.320. The van der Waals surface area contributed by atoms with E-state index in [-0.39, 0.29) is 12.4 Å². The smallest absolute Gasteiger partial charge is 0.339 e. The van der Waals surface area contributed by atoms with Crippen LogP contribution in [0, 0.1) is 12.7 Å². The van der Waals surface area contributed by atoms with Crippen LogP contribution >= 0.6 is 15.9 Å². The maximum absolute atomic E-state index is 13.6. The van der Waals surface area contributed by atoms with E-state index >= 15 is 0 Å². The number of hydrazone groups is 1. The van der Waals surface area contributed by atoms with Gasteiger partial charge in [-0.2, -0.15) is 5.10 Å². The largest absolute Gasteiger partial charge is 0.489 e. The van der Waals surface area contributed by atoms with Gasteiger partial charge in [-0.1, -0.05) is 34.1 Å². The van der Waals surface area contributed by atoms with E-state index in [4.69, 9.17) is 4.74 Å². The lowest BCUT2D eigenvalue weighted by Gasteiger charge is -2.07. The van der Waals surface area contributed by atoms with E-state index in [1.807, 2.05) is 19.1 Å². The molecular weight excluding hydrogens is 437 g/mol. The lowest BCUT2D eigenvalue weighted by Crippen LogP contribution is -2.24. The number of urea groups is 1. The molecule has 0 bridgehead atoms. The van der Waals surface area contributed by atoms with Gasteiger partial charge < -0.3 is 10.1 Å². The summed E-state index contributed by atoms with van der Waals surface area (Å²) in [5.41, 5.74) is 5.38. The molecule has 0 atom stereocenters. The van der Waals surface area contributed by atoms with E-state index in [0.29, 0.717) is 17.0 Å². The first-order valence-electron chi connectivity index (χ1n) is 8.84. The van der Waals surface area contributed by atoms with Gasteiger partial charge in [0, 0.05) is 15.7 Å². The van der Waals surface area contributed by atoms with Crippen molar-refractivity contribution in [2.75, 3.05) is 5.32 Å². The average molecular weight is 456 g/mol. The van der Waals surface area contributed by atoms with Crippen LogP contribution in [0.25, 0.3) is 0 Å². The highest BCUT2D eigenvalue weighted by Gasteiger charge is 2.03. The van der Waals surface area contributed by atoms with E-state index < -0.39 is 6.03 Å². The number of carbonyl (C=O) groups is 1. The molecule has 0 saturated heterocycles. The van der Waals surface area contributed by atoms with Crippen LogP contribution in [-0.2, 0) is 6.61 Å². The number of anilines is 1. The van der Waals surface area contributed by atoms with Crippen molar-refractivity contribution in [1.82, 2.24) is 5.43 Å². The molecule has 0 saturated carbocycles. The van der Waals surface area contributed by atoms with Gasteiger partial charge >= 0.3 is 6.03 Å². The van der Waals surface area contributed by atoms with Gasteiger partial charge in [-0.05, 0) is 66.6 Å². The summed E-state index contributed by atoms with van der Waals surface area (Å²) in [7, 11) is 0. The Balaban J connectivity index is 1.48. The molecule has 3 rings (SSSR count). The molecule has 3 aromatic carbocycles. The number of halogens is 2. The Morgan fingerprint density at radius 3 is 2.62 bits per heavy atom. The first-order valence-corrected chi connectivity index (χ1v) is 9.63. The van der Waals surface area contributed by atoms with Crippen LogP contribution in [-0.4, -0.2) is 12.2 Å². The van der Waals surface area contributed by atoms with Gasteiger partial charge in [-0.25, -0.2) is 14.6 Å². The molecule has 0 radical (unpaired) electrons. The number of nitrogens with one attached hydrogen (secondary N) is 2. The number of benzene rings is 3. The van der Waals surface area contributed by atoms with E-state index in [2.05, 4.69) is 31.8 Å². The second kappa shape index (κ2) is 9.84. The number of hydrogen-bond donors (Lipinski definition) is 2. The molecule has 0 heterocycles. The van der Waals surface area contributed by atoms with E-state index in [1.54, 1.807) is 48.5 Å². The number of amides is 2. The maximum atomic E-state index is 13.6. The molecule has 0 aliphatic heterocycles. The summed E-state index contributed by atoms with van der Waals surface area (Å²) in [5, 5.41) is 6.63. The Morgan fingerprint density at radius 1 is 1.14 bits per heavy atom. The highest BCUT2D eigenvalue weighted by atomic mass is 79.9. The number of nitrogens with zero attached hydrogens (tertiary/aromatic N) is 1. The van der Waals surface area contributed by atoms with Crippen LogP contribution in [0.3, 0.4) is 0 Å². The zero-order valence-corrected chi connectivity index (χ0v) is 17.2. The van der Waals surface area contributed by atoms with E-state index in [9.17, 15) is 9.18 Å². The number of rotatable bonds is 6. The molecule has 0 unspecified atom stereocenters. The second-order valence-corrected chi connectivity index (χ2v) is 7.09. The number of hydrogen-bond acceptors (Lipinski definition) is 3. The zero-order valence-electron chi connectivity index (χ0n) is 15.7. The van der Waals surface area contributed by atoms with Gasteiger partial charge in [0.05, 0.1) is 6.21 Å². The molecule has 5 nitrogen and oxygen atoms in total. The van der Waals surface area contributed by atoms with Crippen LogP contribution in [0.4, 0.5) is 14.9 Å². The molecule has 0 aliphatic carbocycles. The zero-order chi connectivity index (χ0) is 20.6. The third kappa shape index (κ3) is 6.15. The van der Waals surface area contributed by atoms with Crippen molar-refractivity contribution in [3.63, 3.8) is 0 Å². The van der Waals surface area contributed by atoms with Crippen LogP contribution < -0.4 is 15.5 Å². The number of carbonyl (C=O) groups excluding carboxylic acids is 1. The summed E-state index contributed by atoms with van der Waals surface area (Å²) in [6.45, 7) is 2.09. The SMILES string of the molecule is Cc1cc(NC(=O)N/N=C/c2ccc(OCc3ccccc3F)cc2)ccc1Br. The van der Waals surface area contributed by atoms with Crippen molar-refractivity contribution >= 4 is 33.9 Å². The molecule has 0 spiro atoms. The van der Waals surface area contributed by atoms with Crippen molar-refractivity contribution in [3.8, 4) is 5.75 Å². The number of aryl methyl sites for hydroxylation is 1. The summed E-state index contributed by atoms with van der Waals surface area (Å²) in [6, 6.07) is 18.7. The van der Waals surface area contributed by atoms with Gasteiger partial charge in [0.2, 0.25) is 0 Å². The van der Waals surface area contributed by atoms with Crippen molar-refractivity contribution in [2.45, 2.75) is 13.5 Å². The van der Waals surface area contributed by atoms with Crippen LogP contribution in [0.5, 0.6) is 5.75 Å². The standard InChI is InChI=1S/C22H19BrFN3O2/c1-15-12-18(8-11-20(15)23)26-22(28)27-25-13-16-6-9-19(10-7-16)29-14-17-4-2-3-5-21(17)24/h2-13H,14H2,1H3,(H2,26,27,28)/b25-13+. The monoisotopic (exact) mass is 455 g/mol. The molecule has 29 heavy (non-hydrogen) atoms. The fourth-order valence-electron chi connectivity index (χ4n) is 2.47. The third-order valence-corrected chi connectivity index (χ3v) is 4.92. The van der Waals surface area contributed by atoms with Crippen molar-refractivity contribution < 1.29 is 13.9 Å². The van der Waals surface area contributed by atoms with E-state index in [0.717, 1.165) is 15.6 Å². The average Bonchev–Trinajstić information content (AvgIpc) is 2.71. The van der Waals surface area contributed by atoms with Gasteiger partial charge in [-0.15, -0.1) is 0 Å². The van der Waals surface area contributed by atoms with Gasteiger partial charge in [0.15, 0.2) is 0 Å². The Labute approximate surface area is 176 Å². The molecule has 7 heteroatoms. The minimum atomic E-state index is -0.437. The predicted octanol–water partition coefficient (Wildman–Crippen LogP) is 5.63. The van der Waals surface area contributed by atoms with Gasteiger partial charge in [-0.3, -0.25) is 0 Å². The van der Waals surface area contributed by atoms with Crippen LogP contribution in [0.15, 0.2) is 76.3 Å². The topological polar surface area (TPSA) is 62.7 Å². The summed E-state index contributed by atoms with van der Waals surface area (Å²) >= 11 is 3.42. The molecular formula is C22H19BrFN3O2.